The number of amides is 1. The topological polar surface area (TPSA) is 70.5 Å². The molecule has 4 heterocycles. The highest BCUT2D eigenvalue weighted by molar-refractivity contribution is 7.15. The van der Waals surface area contributed by atoms with Crippen LogP contribution < -0.4 is 16.2 Å². The zero-order valence-electron chi connectivity index (χ0n) is 14.3. The van der Waals surface area contributed by atoms with E-state index in [4.69, 9.17) is 0 Å². The van der Waals surface area contributed by atoms with Gasteiger partial charge in [-0.05, 0) is 30.0 Å². The van der Waals surface area contributed by atoms with E-state index in [9.17, 15) is 4.79 Å². The fourth-order valence-electron chi connectivity index (χ4n) is 3.26. The van der Waals surface area contributed by atoms with Crippen molar-refractivity contribution in [3.05, 3.63) is 64.4 Å². The van der Waals surface area contributed by atoms with Crippen molar-refractivity contribution < 1.29 is 4.79 Å². The first-order chi connectivity index (χ1) is 13.3. The van der Waals surface area contributed by atoms with E-state index >= 15 is 0 Å². The molecule has 0 spiro atoms. The summed E-state index contributed by atoms with van der Waals surface area (Å²) < 4.78 is 2.00. The van der Waals surface area contributed by atoms with Crippen molar-refractivity contribution in [1.29, 1.82) is 0 Å². The predicted molar refractivity (Wildman–Crippen MR) is 109 cm³/mol. The number of thiazole rings is 1. The number of hydrogen-bond acceptors (Lipinski definition) is 6. The number of aromatic nitrogens is 2. The third-order valence-corrected chi connectivity index (χ3v) is 6.38. The summed E-state index contributed by atoms with van der Waals surface area (Å²) in [5.41, 5.74) is 8.98. The molecule has 0 radical (unpaired) electrons. The number of hydrazine groups is 1. The second kappa shape index (κ2) is 6.90. The Morgan fingerprint density at radius 3 is 3.00 bits per heavy atom. The molecule has 0 bridgehead atoms. The number of thiophene rings is 1. The molecule has 0 saturated carbocycles. The van der Waals surface area contributed by atoms with E-state index in [0.29, 0.717) is 0 Å². The number of hydrogen-bond donors (Lipinski definition) is 3. The third kappa shape index (κ3) is 3.28. The van der Waals surface area contributed by atoms with Crippen LogP contribution >= 0.6 is 22.7 Å². The monoisotopic (exact) mass is 395 g/mol. The number of rotatable bonds is 4. The van der Waals surface area contributed by atoms with Crippen molar-refractivity contribution in [2.24, 2.45) is 0 Å². The minimum atomic E-state index is -0.265. The van der Waals surface area contributed by atoms with Crippen LogP contribution in [-0.2, 0) is 4.79 Å². The van der Waals surface area contributed by atoms with Crippen LogP contribution in [0.25, 0.3) is 16.2 Å². The molecule has 4 aromatic rings. The van der Waals surface area contributed by atoms with Crippen molar-refractivity contribution in [1.82, 2.24) is 20.2 Å². The van der Waals surface area contributed by atoms with Gasteiger partial charge in [0.1, 0.15) is 6.04 Å². The molecule has 2 unspecified atom stereocenters. The van der Waals surface area contributed by atoms with Crippen molar-refractivity contribution >= 4 is 39.2 Å². The van der Waals surface area contributed by atoms with Gasteiger partial charge in [0.05, 0.1) is 11.7 Å². The van der Waals surface area contributed by atoms with Gasteiger partial charge in [-0.3, -0.25) is 9.20 Å². The highest BCUT2D eigenvalue weighted by Crippen LogP contribution is 2.27. The van der Waals surface area contributed by atoms with Crippen molar-refractivity contribution in [3.63, 3.8) is 0 Å². The van der Waals surface area contributed by atoms with E-state index in [0.717, 1.165) is 28.3 Å². The van der Waals surface area contributed by atoms with Crippen LogP contribution in [0.5, 0.6) is 0 Å². The lowest BCUT2D eigenvalue weighted by molar-refractivity contribution is -0.117. The summed E-state index contributed by atoms with van der Waals surface area (Å²) in [6.45, 7) is 0. The van der Waals surface area contributed by atoms with Crippen molar-refractivity contribution in [3.8, 4) is 11.3 Å². The Bertz CT molecular complexity index is 1060. The molecule has 3 aromatic heterocycles. The number of carbonyl (C=O) groups is 1. The summed E-state index contributed by atoms with van der Waals surface area (Å²) in [6.07, 6.45) is 4.72. The molecule has 1 fully saturated rings. The van der Waals surface area contributed by atoms with Crippen LogP contribution in [0.2, 0.25) is 0 Å². The number of fused-ring (bicyclic) bond motifs is 1. The lowest BCUT2D eigenvalue weighted by Crippen LogP contribution is -2.39. The van der Waals surface area contributed by atoms with Crippen LogP contribution in [0.1, 0.15) is 17.3 Å². The summed E-state index contributed by atoms with van der Waals surface area (Å²) in [5, 5.41) is 7.08. The molecule has 136 valence electrons. The van der Waals surface area contributed by atoms with Gasteiger partial charge in [-0.15, -0.1) is 22.7 Å². The molecule has 1 aliphatic heterocycles. The van der Waals surface area contributed by atoms with Gasteiger partial charge in [-0.1, -0.05) is 18.2 Å². The van der Waals surface area contributed by atoms with Gasteiger partial charge in [0.2, 0.25) is 5.91 Å². The van der Waals surface area contributed by atoms with Gasteiger partial charge in [-0.2, -0.15) is 0 Å². The lowest BCUT2D eigenvalue weighted by Gasteiger charge is -2.11. The number of carbonyl (C=O) groups excluding carboxylic acids is 1. The lowest BCUT2D eigenvalue weighted by atomic mass is 10.1. The number of nitrogens with zero attached hydrogens (tertiary/aromatic N) is 2. The molecule has 6 nitrogen and oxygen atoms in total. The van der Waals surface area contributed by atoms with Crippen LogP contribution in [0.3, 0.4) is 0 Å². The number of imidazole rings is 1. The van der Waals surface area contributed by atoms with E-state index in [1.54, 1.807) is 22.7 Å². The van der Waals surface area contributed by atoms with E-state index in [2.05, 4.69) is 32.6 Å². The maximum atomic E-state index is 12.6. The summed E-state index contributed by atoms with van der Waals surface area (Å²) >= 11 is 3.30. The molecule has 1 aromatic carbocycles. The summed E-state index contributed by atoms with van der Waals surface area (Å²) in [7, 11) is 0. The molecule has 8 heteroatoms. The molecule has 27 heavy (non-hydrogen) atoms. The summed E-state index contributed by atoms with van der Waals surface area (Å²) in [5.74, 6) is -0.0375. The van der Waals surface area contributed by atoms with Crippen molar-refractivity contribution in [2.45, 2.75) is 18.5 Å². The molecule has 3 N–H and O–H groups in total. The zero-order valence-corrected chi connectivity index (χ0v) is 15.9. The fourth-order valence-corrected chi connectivity index (χ4v) is 4.75. The van der Waals surface area contributed by atoms with Gasteiger partial charge in [0.15, 0.2) is 4.96 Å². The molecule has 2 atom stereocenters. The quantitative estimate of drug-likeness (QED) is 0.493. The second-order valence-corrected chi connectivity index (χ2v) is 8.29. The third-order valence-electron chi connectivity index (χ3n) is 4.63. The van der Waals surface area contributed by atoms with Gasteiger partial charge in [0, 0.05) is 33.9 Å². The van der Waals surface area contributed by atoms with Gasteiger partial charge in [-0.25, -0.2) is 15.8 Å². The summed E-state index contributed by atoms with van der Waals surface area (Å²) in [6, 6.07) is 11.8. The van der Waals surface area contributed by atoms with Crippen LogP contribution in [0, 0.1) is 0 Å². The SMILES string of the molecule is O=C(Nc1cccc(-c2cn3ccsc3n2)c1)C1CC(c2cccs2)NN1. The smallest absolute Gasteiger partial charge is 0.242 e. The van der Waals surface area contributed by atoms with Gasteiger partial charge >= 0.3 is 0 Å². The Kier molecular flexibility index (Phi) is 4.25. The molecule has 0 aliphatic carbocycles. The number of anilines is 1. The Morgan fingerprint density at radius 1 is 1.19 bits per heavy atom. The summed E-state index contributed by atoms with van der Waals surface area (Å²) in [4.78, 5) is 19.5. The Labute approximate surface area is 163 Å². The molecule has 1 aliphatic rings. The molecular weight excluding hydrogens is 378 g/mol. The Morgan fingerprint density at radius 2 is 2.15 bits per heavy atom. The Hall–Kier alpha value is -2.52. The first kappa shape index (κ1) is 16.6. The van der Waals surface area contributed by atoms with Crippen molar-refractivity contribution in [2.75, 3.05) is 5.32 Å². The van der Waals surface area contributed by atoms with Crippen LogP contribution in [0.4, 0.5) is 5.69 Å². The minimum Gasteiger partial charge on any atom is -0.325 e. The molecular formula is C19H17N5OS2. The van der Waals surface area contributed by atoms with Gasteiger partial charge in [0.25, 0.3) is 0 Å². The zero-order chi connectivity index (χ0) is 18.2. The highest BCUT2D eigenvalue weighted by atomic mass is 32.1. The number of benzene rings is 1. The van der Waals surface area contributed by atoms with E-state index in [1.165, 1.54) is 4.88 Å². The fraction of sp³-hybridized carbons (Fsp3) is 0.158. The molecule has 5 rings (SSSR count). The molecule has 1 amide bonds. The predicted octanol–water partition coefficient (Wildman–Crippen LogP) is 3.67. The minimum absolute atomic E-state index is 0.0375. The van der Waals surface area contributed by atoms with Gasteiger partial charge < -0.3 is 5.32 Å². The average molecular weight is 396 g/mol. The Balaban J connectivity index is 1.29. The first-order valence-corrected chi connectivity index (χ1v) is 10.4. The largest absolute Gasteiger partial charge is 0.325 e. The number of nitrogens with one attached hydrogen (secondary N) is 3. The van der Waals surface area contributed by atoms with Crippen LogP contribution in [0.15, 0.2) is 59.6 Å². The highest BCUT2D eigenvalue weighted by Gasteiger charge is 2.30. The van der Waals surface area contributed by atoms with E-state index < -0.39 is 0 Å². The first-order valence-electron chi connectivity index (χ1n) is 8.64. The van der Waals surface area contributed by atoms with E-state index in [1.807, 2.05) is 52.5 Å². The maximum absolute atomic E-state index is 12.6. The normalized spacial score (nSPS) is 19.6. The molecule has 1 saturated heterocycles. The average Bonchev–Trinajstić information content (AvgIpc) is 3.45. The second-order valence-electron chi connectivity index (χ2n) is 6.43. The van der Waals surface area contributed by atoms with Crippen LogP contribution in [-0.4, -0.2) is 21.3 Å². The van der Waals surface area contributed by atoms with E-state index in [-0.39, 0.29) is 18.0 Å². The standard InChI is InChI=1S/C19H17N5OS2/c25-18(15-10-14(22-23-15)17-5-2-7-26-17)20-13-4-1-3-12(9-13)16-11-24-6-8-27-19(24)21-16/h1-9,11,14-15,22-23H,10H2,(H,20,25). The maximum Gasteiger partial charge on any atom is 0.242 e.